The minimum absolute atomic E-state index is 0.152. The Labute approximate surface area is 141 Å². The predicted octanol–water partition coefficient (Wildman–Crippen LogP) is -1.47. The molecule has 0 amide bonds. The van der Waals surface area contributed by atoms with Crippen LogP contribution in [0.3, 0.4) is 0 Å². The molecule has 6 atom stereocenters. The molecule has 1 aliphatic rings. The first-order chi connectivity index (χ1) is 11.8. The van der Waals surface area contributed by atoms with Crippen LogP contribution in [0.5, 0.6) is 0 Å². The van der Waals surface area contributed by atoms with Gasteiger partial charge in [-0.05, 0) is 6.92 Å². The van der Waals surface area contributed by atoms with E-state index in [0.29, 0.717) is 11.2 Å². The summed E-state index contributed by atoms with van der Waals surface area (Å²) in [7, 11) is -4.20. The second-order valence-corrected chi connectivity index (χ2v) is 7.85. The summed E-state index contributed by atoms with van der Waals surface area (Å²) in [5, 5.41) is 20.0. The topological polar surface area (TPSA) is 192 Å². The Balaban J connectivity index is 1.93. The van der Waals surface area contributed by atoms with E-state index in [-0.39, 0.29) is 5.82 Å². The lowest BCUT2D eigenvalue weighted by molar-refractivity contribution is -0.0506. The van der Waals surface area contributed by atoms with Crippen molar-refractivity contribution in [1.29, 1.82) is 0 Å². The van der Waals surface area contributed by atoms with Gasteiger partial charge in [-0.1, -0.05) is 0 Å². The summed E-state index contributed by atoms with van der Waals surface area (Å²) in [6, 6.07) is 0. The number of nitrogens with zero attached hydrogens (tertiary/aromatic N) is 4. The lowest BCUT2D eigenvalue weighted by atomic mass is 10.1. The summed E-state index contributed by atoms with van der Waals surface area (Å²) in [6.07, 6.45) is -2.19. The first kappa shape index (κ1) is 18.1. The molecule has 25 heavy (non-hydrogen) atoms. The van der Waals surface area contributed by atoms with E-state index < -0.39 is 44.5 Å². The van der Waals surface area contributed by atoms with Crippen molar-refractivity contribution in [3.05, 3.63) is 12.7 Å². The van der Waals surface area contributed by atoms with Crippen LogP contribution in [0.15, 0.2) is 12.7 Å². The maximum Gasteiger partial charge on any atom is 0.344 e. The Bertz CT molecular complexity index is 814. The van der Waals surface area contributed by atoms with Crippen LogP contribution in [-0.2, 0) is 13.8 Å². The first-order valence-electron chi connectivity index (χ1n) is 7.40. The highest BCUT2D eigenvalue weighted by molar-refractivity contribution is 7.53. The minimum Gasteiger partial charge on any atom is -0.394 e. The molecule has 3 heterocycles. The maximum atomic E-state index is 12.0. The number of hydrogen-bond donors (Lipinski definition) is 5. The van der Waals surface area contributed by atoms with Gasteiger partial charge in [-0.2, -0.15) is 0 Å². The highest BCUT2D eigenvalue weighted by Gasteiger charge is 2.49. The average Bonchev–Trinajstić information content (AvgIpc) is 3.10. The van der Waals surface area contributed by atoms with Gasteiger partial charge in [0.05, 0.1) is 12.9 Å². The number of aliphatic hydroxyl groups is 2. The smallest absolute Gasteiger partial charge is 0.344 e. The molecule has 0 aromatic carbocycles. The van der Waals surface area contributed by atoms with Gasteiger partial charge in [0.2, 0.25) is 0 Å². The van der Waals surface area contributed by atoms with Gasteiger partial charge in [-0.15, -0.1) is 0 Å². The number of nitrogens with two attached hydrogens (primary N) is 2. The van der Waals surface area contributed by atoms with Crippen LogP contribution in [0.25, 0.3) is 11.2 Å². The van der Waals surface area contributed by atoms with Crippen molar-refractivity contribution in [3.63, 3.8) is 0 Å². The maximum absolute atomic E-state index is 12.0. The second kappa shape index (κ2) is 6.57. The fraction of sp³-hybridized carbons (Fsp3) is 0.583. The lowest BCUT2D eigenvalue weighted by Crippen LogP contribution is -2.37. The van der Waals surface area contributed by atoms with Crippen LogP contribution in [-0.4, -0.2) is 65.3 Å². The number of rotatable bonds is 5. The molecule has 2 unspecified atom stereocenters. The largest absolute Gasteiger partial charge is 0.394 e. The standard InChI is InChI=1S/C12H19N6O6P/c1-5(13)25(21,22)24-9-6(2-19)23-12(8(9)20)18-4-17-7-10(14)15-3-16-11(7)18/h3-6,8-9,12,19-20H,2,13H2,1H3,(H,21,22)(H2,14,15,16)/t5?,6-,8-,9-,12-/m1/s1. The summed E-state index contributed by atoms with van der Waals surface area (Å²) >= 11 is 0. The average molecular weight is 374 g/mol. The molecule has 2 aromatic heterocycles. The molecule has 1 fully saturated rings. The van der Waals surface area contributed by atoms with Gasteiger partial charge in [0.25, 0.3) is 0 Å². The van der Waals surface area contributed by atoms with Gasteiger partial charge in [0.15, 0.2) is 17.7 Å². The van der Waals surface area contributed by atoms with E-state index in [4.69, 9.17) is 20.7 Å². The number of aromatic nitrogens is 4. The zero-order valence-electron chi connectivity index (χ0n) is 13.2. The van der Waals surface area contributed by atoms with Crippen LogP contribution in [0.2, 0.25) is 0 Å². The SMILES string of the molecule is CC(N)P(=O)(O)O[C@H]1[C@@H](O)[C@H](n2cnc3c(N)ncnc32)O[C@@H]1CO. The van der Waals surface area contributed by atoms with Crippen molar-refractivity contribution in [2.45, 2.75) is 37.2 Å². The van der Waals surface area contributed by atoms with Gasteiger partial charge >= 0.3 is 7.60 Å². The first-order valence-corrected chi connectivity index (χ1v) is 9.04. The Morgan fingerprint density at radius 1 is 1.48 bits per heavy atom. The second-order valence-electron chi connectivity index (χ2n) is 5.70. The fourth-order valence-corrected chi connectivity index (χ4v) is 3.35. The van der Waals surface area contributed by atoms with Gasteiger partial charge < -0.3 is 31.3 Å². The number of aliphatic hydroxyl groups excluding tert-OH is 2. The molecule has 12 nitrogen and oxygen atoms in total. The van der Waals surface area contributed by atoms with Crippen LogP contribution >= 0.6 is 7.60 Å². The molecule has 0 saturated carbocycles. The monoisotopic (exact) mass is 374 g/mol. The summed E-state index contributed by atoms with van der Waals surface area (Å²) < 4.78 is 24.1. The summed E-state index contributed by atoms with van der Waals surface area (Å²) in [4.78, 5) is 21.8. The number of imidazole rings is 1. The third-order valence-electron chi connectivity index (χ3n) is 3.94. The summed E-state index contributed by atoms with van der Waals surface area (Å²) in [5.74, 6) is -1.01. The van der Waals surface area contributed by atoms with Gasteiger partial charge in [-0.3, -0.25) is 13.7 Å². The zero-order valence-corrected chi connectivity index (χ0v) is 14.1. The number of hydrogen-bond acceptors (Lipinski definition) is 10. The van der Waals surface area contributed by atoms with Crippen LogP contribution in [0, 0.1) is 0 Å². The summed E-state index contributed by atoms with van der Waals surface area (Å²) in [5.41, 5.74) is 11.8. The number of anilines is 1. The Morgan fingerprint density at radius 3 is 2.84 bits per heavy atom. The molecule has 0 bridgehead atoms. The molecule has 0 spiro atoms. The fourth-order valence-electron chi connectivity index (χ4n) is 2.55. The molecule has 2 aromatic rings. The van der Waals surface area contributed by atoms with Crippen molar-refractivity contribution in [2.24, 2.45) is 5.73 Å². The van der Waals surface area contributed by atoms with Crippen molar-refractivity contribution in [1.82, 2.24) is 19.5 Å². The molecular weight excluding hydrogens is 355 g/mol. The minimum atomic E-state index is -4.20. The summed E-state index contributed by atoms with van der Waals surface area (Å²) in [6.45, 7) is 0.762. The zero-order chi connectivity index (χ0) is 18.4. The van der Waals surface area contributed by atoms with Crippen LogP contribution in [0.1, 0.15) is 13.2 Å². The van der Waals surface area contributed by atoms with Gasteiger partial charge in [0.1, 0.15) is 35.9 Å². The molecular formula is C12H19N6O6P. The predicted molar refractivity (Wildman–Crippen MR) is 85.1 cm³/mol. The Morgan fingerprint density at radius 2 is 2.20 bits per heavy atom. The molecule has 1 aliphatic heterocycles. The third kappa shape index (κ3) is 3.13. The van der Waals surface area contributed by atoms with Crippen molar-refractivity contribution >= 4 is 24.6 Å². The molecule has 3 rings (SSSR count). The van der Waals surface area contributed by atoms with Crippen LogP contribution < -0.4 is 11.5 Å². The van der Waals surface area contributed by atoms with E-state index >= 15 is 0 Å². The molecule has 1 saturated heterocycles. The number of nitrogen functional groups attached to an aromatic ring is 1. The van der Waals surface area contributed by atoms with E-state index in [2.05, 4.69) is 15.0 Å². The van der Waals surface area contributed by atoms with Crippen molar-refractivity contribution in [2.75, 3.05) is 12.3 Å². The van der Waals surface area contributed by atoms with E-state index in [1.165, 1.54) is 24.1 Å². The van der Waals surface area contributed by atoms with Crippen molar-refractivity contribution in [3.8, 4) is 0 Å². The molecule has 7 N–H and O–H groups in total. The highest BCUT2D eigenvalue weighted by Crippen LogP contribution is 2.49. The van der Waals surface area contributed by atoms with E-state index in [1.54, 1.807) is 0 Å². The normalized spacial score (nSPS) is 30.4. The van der Waals surface area contributed by atoms with E-state index in [1.807, 2.05) is 0 Å². The molecule has 0 radical (unpaired) electrons. The number of ether oxygens (including phenoxy) is 1. The van der Waals surface area contributed by atoms with Crippen molar-refractivity contribution < 1.29 is 28.9 Å². The van der Waals surface area contributed by atoms with Gasteiger partial charge in [0, 0.05) is 0 Å². The highest BCUT2D eigenvalue weighted by atomic mass is 31.2. The van der Waals surface area contributed by atoms with E-state index in [9.17, 15) is 19.7 Å². The molecule has 0 aliphatic carbocycles. The van der Waals surface area contributed by atoms with Gasteiger partial charge in [-0.25, -0.2) is 15.0 Å². The Hall–Kier alpha value is -1.66. The molecule has 13 heteroatoms. The lowest BCUT2D eigenvalue weighted by Gasteiger charge is -2.24. The molecule has 138 valence electrons. The van der Waals surface area contributed by atoms with Crippen LogP contribution in [0.4, 0.5) is 5.82 Å². The van der Waals surface area contributed by atoms with E-state index in [0.717, 1.165) is 0 Å². The Kier molecular flexibility index (Phi) is 4.77. The third-order valence-corrected chi connectivity index (χ3v) is 5.51. The number of fused-ring (bicyclic) bond motifs is 1. The quantitative estimate of drug-likeness (QED) is 0.384.